The number of rotatable bonds is 4. The lowest BCUT2D eigenvalue weighted by Crippen LogP contribution is -2.10. The second kappa shape index (κ2) is 4.27. The van der Waals surface area contributed by atoms with Crippen LogP contribution in [0.3, 0.4) is 0 Å². The molecule has 0 atom stereocenters. The van der Waals surface area contributed by atoms with Crippen molar-refractivity contribution in [3.05, 3.63) is 40.6 Å². The molecule has 0 unspecified atom stereocenters. The van der Waals surface area contributed by atoms with Gasteiger partial charge in [0.2, 0.25) is 5.82 Å². The number of aromatic carboxylic acids is 1. The summed E-state index contributed by atoms with van der Waals surface area (Å²) in [7, 11) is 0. The number of carboxylic acid groups (broad SMARTS) is 1. The van der Waals surface area contributed by atoms with Crippen LogP contribution in [0.1, 0.15) is 15.5 Å². The van der Waals surface area contributed by atoms with Crippen LogP contribution in [0, 0.1) is 0 Å². The average molecular weight is 222 g/mol. The van der Waals surface area contributed by atoms with Crippen LogP contribution in [-0.4, -0.2) is 20.6 Å². The number of hydrogen-bond donors (Lipinski definition) is 1. The van der Waals surface area contributed by atoms with Crippen molar-refractivity contribution < 1.29 is 9.90 Å². The SMILES string of the molecule is O=C(O)c1nccn1CCc1cccs1. The standard InChI is InChI=1S/C10H10N2O2S/c13-10(14)9-11-4-6-12(9)5-3-8-2-1-7-15-8/h1-2,4,6-7H,3,5H2,(H,13,14). The molecule has 0 aliphatic carbocycles. The first kappa shape index (κ1) is 9.92. The molecule has 1 N–H and O–H groups in total. The van der Waals surface area contributed by atoms with Gasteiger partial charge in [0.05, 0.1) is 0 Å². The van der Waals surface area contributed by atoms with Crippen LogP contribution in [0.2, 0.25) is 0 Å². The number of aromatic nitrogens is 2. The zero-order chi connectivity index (χ0) is 10.7. The molecule has 0 saturated carbocycles. The van der Waals surface area contributed by atoms with E-state index in [0.717, 1.165) is 6.42 Å². The van der Waals surface area contributed by atoms with Crippen LogP contribution in [0.15, 0.2) is 29.9 Å². The topological polar surface area (TPSA) is 55.1 Å². The maximum atomic E-state index is 10.8. The van der Waals surface area contributed by atoms with Gasteiger partial charge in [-0.3, -0.25) is 0 Å². The molecular weight excluding hydrogens is 212 g/mol. The molecule has 0 radical (unpaired) electrons. The largest absolute Gasteiger partial charge is 0.475 e. The van der Waals surface area contributed by atoms with Gasteiger partial charge >= 0.3 is 5.97 Å². The van der Waals surface area contributed by atoms with Crippen LogP contribution in [-0.2, 0) is 13.0 Å². The van der Waals surface area contributed by atoms with Gasteiger partial charge in [-0.25, -0.2) is 9.78 Å². The van der Waals surface area contributed by atoms with Crippen LogP contribution in [0.4, 0.5) is 0 Å². The van der Waals surface area contributed by atoms with Gasteiger partial charge in [0.1, 0.15) is 0 Å². The summed E-state index contributed by atoms with van der Waals surface area (Å²) in [6.45, 7) is 0.655. The molecule has 78 valence electrons. The Balaban J connectivity index is 2.05. The summed E-state index contributed by atoms with van der Waals surface area (Å²) in [6, 6.07) is 4.04. The lowest BCUT2D eigenvalue weighted by Gasteiger charge is -2.02. The third-order valence-corrected chi connectivity index (χ3v) is 3.02. The molecule has 4 nitrogen and oxygen atoms in total. The number of carbonyl (C=O) groups is 1. The number of carboxylic acids is 1. The van der Waals surface area contributed by atoms with E-state index in [-0.39, 0.29) is 5.82 Å². The fourth-order valence-corrected chi connectivity index (χ4v) is 2.07. The van der Waals surface area contributed by atoms with Gasteiger partial charge in [0.15, 0.2) is 0 Å². The summed E-state index contributed by atoms with van der Waals surface area (Å²) in [5.74, 6) is -0.877. The minimum Gasteiger partial charge on any atom is -0.475 e. The zero-order valence-corrected chi connectivity index (χ0v) is 8.78. The molecule has 15 heavy (non-hydrogen) atoms. The van der Waals surface area contributed by atoms with Crippen molar-refractivity contribution in [2.45, 2.75) is 13.0 Å². The summed E-state index contributed by atoms with van der Waals surface area (Å²) in [4.78, 5) is 15.8. The van der Waals surface area contributed by atoms with Crippen LogP contribution in [0.5, 0.6) is 0 Å². The van der Waals surface area contributed by atoms with Crippen LogP contribution >= 0.6 is 11.3 Å². The summed E-state index contributed by atoms with van der Waals surface area (Å²) in [5.41, 5.74) is 0. The molecule has 2 aromatic rings. The zero-order valence-electron chi connectivity index (χ0n) is 7.96. The van der Waals surface area contributed by atoms with E-state index in [0.29, 0.717) is 6.54 Å². The Morgan fingerprint density at radius 2 is 2.47 bits per heavy atom. The average Bonchev–Trinajstić information content (AvgIpc) is 2.86. The van der Waals surface area contributed by atoms with Crippen LogP contribution < -0.4 is 0 Å². The van der Waals surface area contributed by atoms with E-state index < -0.39 is 5.97 Å². The molecule has 0 aromatic carbocycles. The Kier molecular flexibility index (Phi) is 2.82. The van der Waals surface area contributed by atoms with E-state index in [1.807, 2.05) is 17.5 Å². The monoisotopic (exact) mass is 222 g/mol. The first-order valence-corrected chi connectivity index (χ1v) is 5.42. The lowest BCUT2D eigenvalue weighted by molar-refractivity contribution is 0.0678. The van der Waals surface area contributed by atoms with Crippen molar-refractivity contribution >= 4 is 17.3 Å². The fourth-order valence-electron chi connectivity index (χ4n) is 1.37. The predicted molar refractivity (Wildman–Crippen MR) is 57.2 cm³/mol. The third-order valence-electron chi connectivity index (χ3n) is 2.09. The van der Waals surface area contributed by atoms with E-state index in [1.165, 1.54) is 11.1 Å². The molecule has 0 spiro atoms. The molecule has 0 fully saturated rings. The van der Waals surface area contributed by atoms with Gasteiger partial charge in [0.25, 0.3) is 0 Å². The minimum absolute atomic E-state index is 0.103. The number of imidazole rings is 1. The highest BCUT2D eigenvalue weighted by molar-refractivity contribution is 7.09. The van der Waals surface area contributed by atoms with Gasteiger partial charge < -0.3 is 9.67 Å². The molecule has 5 heteroatoms. The van der Waals surface area contributed by atoms with E-state index >= 15 is 0 Å². The maximum absolute atomic E-state index is 10.8. The normalized spacial score (nSPS) is 10.4. The van der Waals surface area contributed by atoms with Gasteiger partial charge in [-0.2, -0.15) is 0 Å². The Labute approximate surface area is 90.8 Å². The molecule has 0 aliphatic heterocycles. The predicted octanol–water partition coefficient (Wildman–Crippen LogP) is 1.89. The van der Waals surface area contributed by atoms with E-state index in [2.05, 4.69) is 4.98 Å². The summed E-state index contributed by atoms with van der Waals surface area (Å²) >= 11 is 1.68. The summed E-state index contributed by atoms with van der Waals surface area (Å²) < 4.78 is 1.65. The first-order valence-electron chi connectivity index (χ1n) is 4.54. The van der Waals surface area contributed by atoms with Crippen molar-refractivity contribution in [3.63, 3.8) is 0 Å². The van der Waals surface area contributed by atoms with E-state index in [1.54, 1.807) is 22.1 Å². The Morgan fingerprint density at radius 3 is 3.13 bits per heavy atom. The second-order valence-electron chi connectivity index (χ2n) is 3.08. The highest BCUT2D eigenvalue weighted by Crippen LogP contribution is 2.10. The number of hydrogen-bond acceptors (Lipinski definition) is 3. The quantitative estimate of drug-likeness (QED) is 0.859. The van der Waals surface area contributed by atoms with Crippen molar-refractivity contribution in [1.29, 1.82) is 0 Å². The van der Waals surface area contributed by atoms with Crippen molar-refractivity contribution in [3.8, 4) is 0 Å². The van der Waals surface area contributed by atoms with Gasteiger partial charge in [0, 0.05) is 23.8 Å². The van der Waals surface area contributed by atoms with Crippen molar-refractivity contribution in [1.82, 2.24) is 9.55 Å². The van der Waals surface area contributed by atoms with E-state index in [4.69, 9.17) is 5.11 Å². The first-order chi connectivity index (χ1) is 7.27. The maximum Gasteiger partial charge on any atom is 0.372 e. The number of nitrogens with zero attached hydrogens (tertiary/aromatic N) is 2. The van der Waals surface area contributed by atoms with Crippen molar-refractivity contribution in [2.75, 3.05) is 0 Å². The highest BCUT2D eigenvalue weighted by Gasteiger charge is 2.10. The van der Waals surface area contributed by atoms with Crippen LogP contribution in [0.25, 0.3) is 0 Å². The van der Waals surface area contributed by atoms with Gasteiger partial charge in [-0.1, -0.05) is 6.07 Å². The van der Waals surface area contributed by atoms with Gasteiger partial charge in [-0.15, -0.1) is 11.3 Å². The molecule has 0 amide bonds. The fraction of sp³-hybridized carbons (Fsp3) is 0.200. The molecular formula is C10H10N2O2S. The number of aryl methyl sites for hydroxylation is 2. The number of thiophene rings is 1. The van der Waals surface area contributed by atoms with Gasteiger partial charge in [-0.05, 0) is 17.9 Å². The molecule has 0 aliphatic rings. The Hall–Kier alpha value is -1.62. The smallest absolute Gasteiger partial charge is 0.372 e. The highest BCUT2D eigenvalue weighted by atomic mass is 32.1. The minimum atomic E-state index is -0.980. The summed E-state index contributed by atoms with van der Waals surface area (Å²) in [6.07, 6.45) is 4.04. The molecule has 0 bridgehead atoms. The molecule has 2 heterocycles. The second-order valence-corrected chi connectivity index (χ2v) is 4.11. The lowest BCUT2D eigenvalue weighted by atomic mass is 10.3. The molecule has 2 aromatic heterocycles. The van der Waals surface area contributed by atoms with E-state index in [9.17, 15) is 4.79 Å². The summed E-state index contributed by atoms with van der Waals surface area (Å²) in [5, 5.41) is 10.8. The third kappa shape index (κ3) is 2.24. The Morgan fingerprint density at radius 1 is 1.60 bits per heavy atom. The molecule has 2 rings (SSSR count). The Bertz CT molecular complexity index is 448. The molecule has 0 saturated heterocycles. The van der Waals surface area contributed by atoms with Crippen molar-refractivity contribution in [2.24, 2.45) is 0 Å².